The number of carbonyl (C=O) groups is 3. The number of imidazole rings is 1. The first kappa shape index (κ1) is 32.0. The van der Waals surface area contributed by atoms with Crippen LogP contribution in [0.3, 0.4) is 0 Å². The van der Waals surface area contributed by atoms with Crippen molar-refractivity contribution in [3.05, 3.63) is 111 Å². The van der Waals surface area contributed by atoms with Gasteiger partial charge in [0, 0.05) is 78.0 Å². The van der Waals surface area contributed by atoms with E-state index in [-0.39, 0.29) is 28.8 Å². The first-order valence-electron chi connectivity index (χ1n) is 16.7. The second kappa shape index (κ2) is 12.6. The first-order valence-corrected chi connectivity index (χ1v) is 17.5. The second-order valence-corrected chi connectivity index (χ2v) is 14.5. The lowest BCUT2D eigenvalue weighted by atomic mass is 9.73. The molecular formula is C38H35FN6O4S. The van der Waals surface area contributed by atoms with Gasteiger partial charge in [0.05, 0.1) is 16.1 Å². The third-order valence-corrected chi connectivity index (χ3v) is 11.0. The topological polar surface area (TPSA) is 121 Å². The van der Waals surface area contributed by atoms with E-state index in [2.05, 4.69) is 25.2 Å². The number of aromatic amines is 1. The number of benzene rings is 2. The molecule has 3 aromatic heterocycles. The van der Waals surface area contributed by atoms with Gasteiger partial charge in [0.2, 0.25) is 5.78 Å². The Morgan fingerprint density at radius 2 is 1.76 bits per heavy atom. The zero-order valence-electron chi connectivity index (χ0n) is 27.7. The van der Waals surface area contributed by atoms with Crippen LogP contribution in [-0.4, -0.2) is 65.4 Å². The summed E-state index contributed by atoms with van der Waals surface area (Å²) in [6, 6.07) is 14.8. The molecule has 5 aromatic rings. The Hall–Kier alpha value is -5.20. The molecule has 3 aliphatic rings. The van der Waals surface area contributed by atoms with E-state index in [9.17, 15) is 18.8 Å². The van der Waals surface area contributed by atoms with Crippen molar-refractivity contribution in [3.8, 4) is 10.4 Å². The molecular weight excluding hydrogens is 656 g/mol. The molecule has 3 aliphatic heterocycles. The Kier molecular flexibility index (Phi) is 8.07. The molecule has 2 saturated heterocycles. The summed E-state index contributed by atoms with van der Waals surface area (Å²) in [7, 11) is 0. The number of nitrogens with one attached hydrogen (secondary N) is 2. The van der Waals surface area contributed by atoms with Crippen molar-refractivity contribution < 1.29 is 23.5 Å². The van der Waals surface area contributed by atoms with Gasteiger partial charge in [-0.25, -0.2) is 14.4 Å². The van der Waals surface area contributed by atoms with E-state index in [1.165, 1.54) is 23.5 Å². The maximum atomic E-state index is 14.7. The van der Waals surface area contributed by atoms with Crippen LogP contribution >= 0.6 is 11.3 Å². The minimum absolute atomic E-state index is 0.209. The number of hydrogen-bond donors (Lipinski definition) is 2. The fourth-order valence-electron chi connectivity index (χ4n) is 7.15. The lowest BCUT2D eigenvalue weighted by molar-refractivity contribution is -0.000511. The predicted octanol–water partition coefficient (Wildman–Crippen LogP) is 6.59. The van der Waals surface area contributed by atoms with Gasteiger partial charge in [-0.05, 0) is 98.8 Å². The molecule has 0 aliphatic carbocycles. The number of H-pyrrole nitrogens is 1. The van der Waals surface area contributed by atoms with E-state index in [0.717, 1.165) is 60.8 Å². The molecule has 50 heavy (non-hydrogen) atoms. The van der Waals surface area contributed by atoms with Crippen molar-refractivity contribution in [1.29, 1.82) is 0 Å². The molecule has 2 aromatic carbocycles. The SMILES string of the molecule is Cc1cnc(N2CC3(CCOCC3)C2)c(C(=O)Nc2ccc(C(=O)N3CCc4cc(C(=O)c5ncc(C)[nH]5)sc4-c4ccc(F)cc43)cc2)c1. The number of carbonyl (C=O) groups excluding carboxylic acids is 3. The number of anilines is 3. The van der Waals surface area contributed by atoms with E-state index in [1.54, 1.807) is 47.6 Å². The summed E-state index contributed by atoms with van der Waals surface area (Å²) in [4.78, 5) is 57.6. The van der Waals surface area contributed by atoms with Gasteiger partial charge in [-0.1, -0.05) is 0 Å². The van der Waals surface area contributed by atoms with Gasteiger partial charge < -0.3 is 24.8 Å². The van der Waals surface area contributed by atoms with Crippen molar-refractivity contribution >= 4 is 46.1 Å². The summed E-state index contributed by atoms with van der Waals surface area (Å²) < 4.78 is 20.2. The molecule has 0 unspecified atom stereocenters. The van der Waals surface area contributed by atoms with E-state index in [0.29, 0.717) is 51.7 Å². The van der Waals surface area contributed by atoms with Crippen molar-refractivity contribution in [2.75, 3.05) is 48.0 Å². The number of rotatable bonds is 6. The van der Waals surface area contributed by atoms with Gasteiger partial charge in [0.25, 0.3) is 11.8 Å². The molecule has 0 radical (unpaired) electrons. The van der Waals surface area contributed by atoms with Crippen LogP contribution in [0.5, 0.6) is 0 Å². The van der Waals surface area contributed by atoms with Gasteiger partial charge in [0.1, 0.15) is 11.6 Å². The highest BCUT2D eigenvalue weighted by Gasteiger charge is 2.45. The molecule has 2 fully saturated rings. The van der Waals surface area contributed by atoms with Gasteiger partial charge in [-0.2, -0.15) is 0 Å². The molecule has 10 nitrogen and oxygen atoms in total. The Morgan fingerprint density at radius 3 is 2.50 bits per heavy atom. The molecule has 2 N–H and O–H groups in total. The highest BCUT2D eigenvalue weighted by atomic mass is 32.1. The normalized spacial score (nSPS) is 16.3. The molecule has 0 bridgehead atoms. The average molecular weight is 691 g/mol. The number of amides is 2. The smallest absolute Gasteiger partial charge is 0.259 e. The van der Waals surface area contributed by atoms with E-state index >= 15 is 0 Å². The number of halogens is 1. The van der Waals surface area contributed by atoms with Crippen LogP contribution in [0.25, 0.3) is 10.4 Å². The van der Waals surface area contributed by atoms with Crippen molar-refractivity contribution in [1.82, 2.24) is 15.0 Å². The van der Waals surface area contributed by atoms with Crippen LogP contribution in [-0.2, 0) is 11.2 Å². The molecule has 1 spiro atoms. The fourth-order valence-corrected chi connectivity index (χ4v) is 8.33. The van der Waals surface area contributed by atoms with Crippen molar-refractivity contribution in [2.24, 2.45) is 5.41 Å². The number of thiophene rings is 1. The van der Waals surface area contributed by atoms with Crippen LogP contribution in [0.2, 0.25) is 0 Å². The van der Waals surface area contributed by atoms with Crippen LogP contribution in [0.4, 0.5) is 21.6 Å². The summed E-state index contributed by atoms with van der Waals surface area (Å²) in [5.41, 5.74) is 5.39. The van der Waals surface area contributed by atoms with Gasteiger partial charge in [-0.15, -0.1) is 11.3 Å². The molecule has 254 valence electrons. The number of ether oxygens (including phenoxy) is 1. The molecule has 8 rings (SSSR count). The standard InChI is InChI=1S/C38H35FN6O4S/c1-22-15-29(35(41-18-22)44-20-38(21-44)10-13-49-14-11-38)36(47)43-27-6-3-24(4-7-27)37(48)45-12-9-25-16-31(32(46)34-40-19-23(2)42-34)50-33(25)28-8-5-26(39)17-30(28)45/h3-8,15-19H,9-14,20-21H2,1-2H3,(H,40,42)(H,43,47). The Labute approximate surface area is 292 Å². The summed E-state index contributed by atoms with van der Waals surface area (Å²) in [6.45, 7) is 7.28. The summed E-state index contributed by atoms with van der Waals surface area (Å²) in [5, 5.41) is 2.98. The number of nitrogens with zero attached hydrogens (tertiary/aromatic N) is 4. The minimum Gasteiger partial charge on any atom is -0.381 e. The van der Waals surface area contributed by atoms with E-state index in [1.807, 2.05) is 26.0 Å². The van der Waals surface area contributed by atoms with Gasteiger partial charge in [-0.3, -0.25) is 14.4 Å². The number of hydrogen-bond acceptors (Lipinski definition) is 8. The quantitative estimate of drug-likeness (QED) is 0.193. The minimum atomic E-state index is -0.465. The Balaban J connectivity index is 1.00. The Bertz CT molecular complexity index is 2140. The van der Waals surface area contributed by atoms with Gasteiger partial charge in [0.15, 0.2) is 5.82 Å². The lowest BCUT2D eigenvalue weighted by Crippen LogP contribution is -2.59. The molecule has 2 amide bonds. The third-order valence-electron chi connectivity index (χ3n) is 9.84. The maximum Gasteiger partial charge on any atom is 0.259 e. The highest BCUT2D eigenvalue weighted by molar-refractivity contribution is 7.17. The summed E-state index contributed by atoms with van der Waals surface area (Å²) >= 11 is 1.32. The molecule has 0 saturated carbocycles. The summed E-state index contributed by atoms with van der Waals surface area (Å²) in [5.74, 6) is -0.300. The maximum absolute atomic E-state index is 14.7. The average Bonchev–Trinajstić information content (AvgIpc) is 3.71. The number of pyridine rings is 1. The molecule has 6 heterocycles. The monoisotopic (exact) mass is 690 g/mol. The van der Waals surface area contributed by atoms with Crippen molar-refractivity contribution in [3.63, 3.8) is 0 Å². The number of aryl methyl sites for hydroxylation is 2. The fraction of sp³-hybridized carbons (Fsp3) is 0.289. The lowest BCUT2D eigenvalue weighted by Gasteiger charge is -2.53. The van der Waals surface area contributed by atoms with Crippen LogP contribution in [0.1, 0.15) is 65.9 Å². The first-order chi connectivity index (χ1) is 24.2. The van der Waals surface area contributed by atoms with E-state index < -0.39 is 5.82 Å². The van der Waals surface area contributed by atoms with Gasteiger partial charge >= 0.3 is 0 Å². The zero-order chi connectivity index (χ0) is 34.6. The number of ketones is 1. The largest absolute Gasteiger partial charge is 0.381 e. The molecule has 0 atom stereocenters. The van der Waals surface area contributed by atoms with Crippen molar-refractivity contribution in [2.45, 2.75) is 33.1 Å². The second-order valence-electron chi connectivity index (χ2n) is 13.5. The van der Waals surface area contributed by atoms with Crippen LogP contribution in [0.15, 0.2) is 67.0 Å². The highest BCUT2D eigenvalue weighted by Crippen LogP contribution is 2.44. The number of aromatic nitrogens is 3. The van der Waals surface area contributed by atoms with Crippen LogP contribution < -0.4 is 15.1 Å². The third kappa shape index (κ3) is 5.88. The predicted molar refractivity (Wildman–Crippen MR) is 190 cm³/mol. The Morgan fingerprint density at radius 1 is 0.980 bits per heavy atom. The number of fused-ring (bicyclic) bond motifs is 3. The van der Waals surface area contributed by atoms with Crippen LogP contribution in [0, 0.1) is 25.1 Å². The summed E-state index contributed by atoms with van der Waals surface area (Å²) in [6.07, 6.45) is 5.91. The molecule has 12 heteroatoms. The van der Waals surface area contributed by atoms with E-state index in [4.69, 9.17) is 4.74 Å². The zero-order valence-corrected chi connectivity index (χ0v) is 28.5.